The minimum absolute atomic E-state index is 0.0858. The number of methoxy groups -OCH3 is 2. The van der Waals surface area contributed by atoms with Crippen LogP contribution in [0.5, 0.6) is 17.2 Å². The molecule has 6 heteroatoms. The van der Waals surface area contributed by atoms with Gasteiger partial charge in [0, 0.05) is 0 Å². The molecule has 0 spiro atoms. The molecule has 0 amide bonds. The first kappa shape index (κ1) is 11.5. The Bertz CT molecular complexity index is 336. The second kappa shape index (κ2) is 4.29. The van der Waals surface area contributed by atoms with Crippen molar-refractivity contribution in [2.24, 2.45) is 0 Å². The molecule has 84 valence electrons. The monoisotopic (exact) mass is 222 g/mol. The smallest absolute Gasteiger partial charge is 0.493 e. The number of para-hydroxylation sites is 1. The summed E-state index contributed by atoms with van der Waals surface area (Å²) in [5.41, 5.74) is 0. The molecule has 1 rings (SSSR count). The lowest BCUT2D eigenvalue weighted by Crippen LogP contribution is -2.17. The number of benzene rings is 1. The molecule has 0 unspecified atom stereocenters. The number of alkyl halides is 3. The van der Waals surface area contributed by atoms with Crippen molar-refractivity contribution in [2.45, 2.75) is 6.36 Å². The lowest BCUT2D eigenvalue weighted by molar-refractivity contribution is -0.275. The molecule has 3 nitrogen and oxygen atoms in total. The minimum Gasteiger partial charge on any atom is -0.493 e. The number of ether oxygens (including phenoxy) is 3. The Kier molecular flexibility index (Phi) is 3.28. The summed E-state index contributed by atoms with van der Waals surface area (Å²) in [4.78, 5) is 0. The van der Waals surface area contributed by atoms with Gasteiger partial charge >= 0.3 is 6.36 Å². The molecule has 1 aromatic rings. The van der Waals surface area contributed by atoms with Gasteiger partial charge in [-0.05, 0) is 12.1 Å². The van der Waals surface area contributed by atoms with E-state index in [0.717, 1.165) is 6.07 Å². The third-order valence-electron chi connectivity index (χ3n) is 1.59. The van der Waals surface area contributed by atoms with Crippen LogP contribution in [-0.2, 0) is 0 Å². The van der Waals surface area contributed by atoms with Gasteiger partial charge in [0.2, 0.25) is 5.75 Å². The van der Waals surface area contributed by atoms with Crippen molar-refractivity contribution in [1.29, 1.82) is 0 Å². The highest BCUT2D eigenvalue weighted by atomic mass is 19.4. The van der Waals surface area contributed by atoms with Crippen LogP contribution < -0.4 is 14.2 Å². The summed E-state index contributed by atoms with van der Waals surface area (Å²) in [5, 5.41) is 0. The fourth-order valence-corrected chi connectivity index (χ4v) is 1.06. The molecule has 0 N–H and O–H groups in total. The quantitative estimate of drug-likeness (QED) is 0.786. The van der Waals surface area contributed by atoms with Crippen LogP contribution in [0.4, 0.5) is 13.2 Å². The first-order valence-electron chi connectivity index (χ1n) is 3.94. The van der Waals surface area contributed by atoms with E-state index < -0.39 is 12.1 Å². The average molecular weight is 222 g/mol. The SMILES string of the molecule is COc1cccc(OC(F)(F)F)c1OC. The zero-order valence-corrected chi connectivity index (χ0v) is 8.09. The molecule has 0 bridgehead atoms. The maximum Gasteiger partial charge on any atom is 0.573 e. The molecule has 0 aliphatic carbocycles. The van der Waals surface area contributed by atoms with Crippen molar-refractivity contribution in [3.05, 3.63) is 18.2 Å². The van der Waals surface area contributed by atoms with Crippen molar-refractivity contribution >= 4 is 0 Å². The third-order valence-corrected chi connectivity index (χ3v) is 1.59. The van der Waals surface area contributed by atoms with Crippen LogP contribution in [0.2, 0.25) is 0 Å². The fraction of sp³-hybridized carbons (Fsp3) is 0.333. The first-order chi connectivity index (χ1) is 6.98. The van der Waals surface area contributed by atoms with Gasteiger partial charge in [0.05, 0.1) is 14.2 Å². The lowest BCUT2D eigenvalue weighted by atomic mass is 10.3. The molecule has 0 radical (unpaired) electrons. The Morgan fingerprint density at radius 1 is 1.00 bits per heavy atom. The molecule has 0 aromatic heterocycles. The maximum absolute atomic E-state index is 12.0. The first-order valence-corrected chi connectivity index (χ1v) is 3.94. The van der Waals surface area contributed by atoms with Crippen molar-refractivity contribution < 1.29 is 27.4 Å². The summed E-state index contributed by atoms with van der Waals surface area (Å²) >= 11 is 0. The predicted octanol–water partition coefficient (Wildman–Crippen LogP) is 2.60. The average Bonchev–Trinajstić information content (AvgIpc) is 2.15. The van der Waals surface area contributed by atoms with Gasteiger partial charge < -0.3 is 14.2 Å². The number of hydrogen-bond acceptors (Lipinski definition) is 3. The van der Waals surface area contributed by atoms with Crippen LogP contribution in [-0.4, -0.2) is 20.6 Å². The van der Waals surface area contributed by atoms with Gasteiger partial charge in [-0.15, -0.1) is 13.2 Å². The molecule has 0 saturated carbocycles. The van der Waals surface area contributed by atoms with Crippen molar-refractivity contribution in [3.63, 3.8) is 0 Å². The Balaban J connectivity index is 3.06. The number of rotatable bonds is 3. The molecular formula is C9H9F3O3. The van der Waals surface area contributed by atoms with Crippen LogP contribution in [0.1, 0.15) is 0 Å². The molecule has 0 saturated heterocycles. The Labute approximate surface area is 84.4 Å². The van der Waals surface area contributed by atoms with Gasteiger partial charge in [0.1, 0.15) is 0 Å². The number of hydrogen-bond donors (Lipinski definition) is 0. The summed E-state index contributed by atoms with van der Waals surface area (Å²) in [7, 11) is 2.57. The van der Waals surface area contributed by atoms with E-state index in [-0.39, 0.29) is 11.5 Å². The van der Waals surface area contributed by atoms with Gasteiger partial charge in [-0.3, -0.25) is 0 Å². The van der Waals surface area contributed by atoms with Gasteiger partial charge in [0.15, 0.2) is 11.5 Å². The van der Waals surface area contributed by atoms with Crippen LogP contribution in [0.25, 0.3) is 0 Å². The van der Waals surface area contributed by atoms with E-state index in [2.05, 4.69) is 4.74 Å². The van der Waals surface area contributed by atoms with Crippen LogP contribution in [0.15, 0.2) is 18.2 Å². The molecule has 0 atom stereocenters. The Morgan fingerprint density at radius 3 is 2.07 bits per heavy atom. The zero-order valence-electron chi connectivity index (χ0n) is 8.09. The van der Waals surface area contributed by atoms with E-state index in [1.54, 1.807) is 0 Å². The van der Waals surface area contributed by atoms with Crippen LogP contribution in [0.3, 0.4) is 0 Å². The maximum atomic E-state index is 12.0. The highest BCUT2D eigenvalue weighted by Crippen LogP contribution is 2.39. The predicted molar refractivity (Wildman–Crippen MR) is 46.2 cm³/mol. The Hall–Kier alpha value is -1.59. The topological polar surface area (TPSA) is 27.7 Å². The summed E-state index contributed by atoms with van der Waals surface area (Å²) in [6.07, 6.45) is -4.75. The summed E-state index contributed by atoms with van der Waals surface area (Å²) in [6, 6.07) is 4.00. The largest absolute Gasteiger partial charge is 0.573 e. The van der Waals surface area contributed by atoms with Gasteiger partial charge in [-0.25, -0.2) is 0 Å². The van der Waals surface area contributed by atoms with E-state index in [0.29, 0.717) is 0 Å². The van der Waals surface area contributed by atoms with E-state index in [4.69, 9.17) is 9.47 Å². The fourth-order valence-electron chi connectivity index (χ4n) is 1.06. The minimum atomic E-state index is -4.75. The highest BCUT2D eigenvalue weighted by molar-refractivity contribution is 5.51. The second-order valence-corrected chi connectivity index (χ2v) is 2.54. The van der Waals surface area contributed by atoms with Gasteiger partial charge in [0.25, 0.3) is 0 Å². The molecule has 0 fully saturated rings. The third kappa shape index (κ3) is 2.93. The van der Waals surface area contributed by atoms with E-state index in [1.807, 2.05) is 0 Å². The van der Waals surface area contributed by atoms with Crippen LogP contribution >= 0.6 is 0 Å². The molecule has 0 aliphatic rings. The summed E-state index contributed by atoms with van der Waals surface area (Å²) in [5.74, 6) is -0.332. The van der Waals surface area contributed by atoms with E-state index >= 15 is 0 Å². The van der Waals surface area contributed by atoms with Crippen molar-refractivity contribution in [1.82, 2.24) is 0 Å². The molecular weight excluding hydrogens is 213 g/mol. The van der Waals surface area contributed by atoms with Gasteiger partial charge in [-0.1, -0.05) is 6.07 Å². The summed E-state index contributed by atoms with van der Waals surface area (Å²) < 4.78 is 49.3. The number of halogens is 3. The van der Waals surface area contributed by atoms with Crippen molar-refractivity contribution in [3.8, 4) is 17.2 Å². The second-order valence-electron chi connectivity index (χ2n) is 2.54. The molecule has 15 heavy (non-hydrogen) atoms. The standard InChI is InChI=1S/C9H9F3O3/c1-13-6-4-3-5-7(8(6)14-2)15-9(10,11)12/h3-5H,1-2H3. The van der Waals surface area contributed by atoms with Crippen molar-refractivity contribution in [2.75, 3.05) is 14.2 Å². The Morgan fingerprint density at radius 2 is 1.60 bits per heavy atom. The summed E-state index contributed by atoms with van der Waals surface area (Å²) in [6.45, 7) is 0. The normalized spacial score (nSPS) is 11.0. The van der Waals surface area contributed by atoms with E-state index in [9.17, 15) is 13.2 Å². The van der Waals surface area contributed by atoms with Gasteiger partial charge in [-0.2, -0.15) is 0 Å². The molecule has 1 aromatic carbocycles. The molecule has 0 heterocycles. The lowest BCUT2D eigenvalue weighted by Gasteiger charge is -2.14. The zero-order chi connectivity index (χ0) is 11.5. The highest BCUT2D eigenvalue weighted by Gasteiger charge is 2.33. The van der Waals surface area contributed by atoms with Crippen LogP contribution in [0, 0.1) is 0 Å². The molecule has 0 aliphatic heterocycles. The van der Waals surface area contributed by atoms with E-state index in [1.165, 1.54) is 26.4 Å².